The molecule has 11 heteroatoms. The molecule has 1 saturated heterocycles. The van der Waals surface area contributed by atoms with Gasteiger partial charge in [-0.05, 0) is 53.9 Å². The van der Waals surface area contributed by atoms with Crippen LogP contribution in [0.2, 0.25) is 5.02 Å². The maximum atomic E-state index is 13.4. The average molecular weight is 607 g/mol. The number of unbranched alkanes of at least 4 members (excludes halogenated alkanes) is 2. The van der Waals surface area contributed by atoms with Crippen LogP contribution >= 0.6 is 34.7 Å². The van der Waals surface area contributed by atoms with Gasteiger partial charge in [-0.3, -0.25) is 19.5 Å². The maximum absolute atomic E-state index is 13.4. The number of pyridine rings is 1. The van der Waals surface area contributed by atoms with Crippen LogP contribution in [0.1, 0.15) is 48.9 Å². The molecule has 1 atom stereocenters. The molecule has 1 fully saturated rings. The third kappa shape index (κ3) is 6.61. The van der Waals surface area contributed by atoms with Gasteiger partial charge in [0.1, 0.15) is 11.5 Å². The second-order valence-corrected chi connectivity index (χ2v) is 11.9. The van der Waals surface area contributed by atoms with Gasteiger partial charge in [0.05, 0.1) is 18.2 Å². The highest BCUT2D eigenvalue weighted by Gasteiger charge is 2.48. The van der Waals surface area contributed by atoms with Crippen LogP contribution in [0.15, 0.2) is 83.0 Å². The minimum atomic E-state index is -0.903. The highest BCUT2D eigenvalue weighted by molar-refractivity contribution is 8.00. The fourth-order valence-electron chi connectivity index (χ4n) is 4.38. The molecule has 0 radical (unpaired) electrons. The van der Waals surface area contributed by atoms with E-state index in [9.17, 15) is 14.7 Å². The quantitative estimate of drug-likeness (QED) is 0.0482. The van der Waals surface area contributed by atoms with Crippen LogP contribution in [-0.4, -0.2) is 38.6 Å². The van der Waals surface area contributed by atoms with Crippen molar-refractivity contribution in [1.29, 1.82) is 0 Å². The molecule has 210 valence electrons. The van der Waals surface area contributed by atoms with Crippen LogP contribution in [0.4, 0.5) is 5.13 Å². The van der Waals surface area contributed by atoms with Crippen LogP contribution in [0.3, 0.4) is 0 Å². The van der Waals surface area contributed by atoms with E-state index in [1.807, 2.05) is 24.3 Å². The number of halogens is 1. The number of hydrogen-bond donors (Lipinski definition) is 1. The first kappa shape index (κ1) is 28.8. The Morgan fingerprint density at radius 2 is 1.76 bits per heavy atom. The molecule has 1 unspecified atom stereocenters. The predicted molar refractivity (Wildman–Crippen MR) is 161 cm³/mol. The van der Waals surface area contributed by atoms with Gasteiger partial charge < -0.3 is 9.84 Å². The van der Waals surface area contributed by atoms with Crippen LogP contribution < -0.4 is 9.64 Å². The van der Waals surface area contributed by atoms with Gasteiger partial charge in [-0.2, -0.15) is 0 Å². The number of rotatable bonds is 11. The molecule has 4 aromatic rings. The number of amides is 1. The smallest absolute Gasteiger partial charge is 0.301 e. The first-order valence-electron chi connectivity index (χ1n) is 13.1. The molecule has 1 aliphatic rings. The predicted octanol–water partition coefficient (Wildman–Crippen LogP) is 7.07. The van der Waals surface area contributed by atoms with Crippen molar-refractivity contribution in [1.82, 2.24) is 15.2 Å². The minimum Gasteiger partial charge on any atom is -0.507 e. The Labute approximate surface area is 251 Å². The normalized spacial score (nSPS) is 16.3. The summed E-state index contributed by atoms with van der Waals surface area (Å²) in [5.74, 6) is -0.533. The van der Waals surface area contributed by atoms with Crippen molar-refractivity contribution in [2.24, 2.45) is 0 Å². The molecular weight excluding hydrogens is 580 g/mol. The second-order valence-electron chi connectivity index (χ2n) is 9.30. The summed E-state index contributed by atoms with van der Waals surface area (Å²) in [5.41, 5.74) is 2.05. The molecule has 0 saturated carbocycles. The number of carbonyl (C=O) groups is 2. The highest BCUT2D eigenvalue weighted by Crippen LogP contribution is 2.44. The largest absolute Gasteiger partial charge is 0.507 e. The molecule has 1 amide bonds. The van der Waals surface area contributed by atoms with E-state index in [1.165, 1.54) is 40.4 Å². The molecule has 8 nitrogen and oxygen atoms in total. The van der Waals surface area contributed by atoms with Crippen molar-refractivity contribution in [3.8, 4) is 5.75 Å². The molecule has 1 aliphatic heterocycles. The van der Waals surface area contributed by atoms with Crippen molar-refractivity contribution in [2.45, 2.75) is 42.3 Å². The van der Waals surface area contributed by atoms with E-state index in [0.717, 1.165) is 24.8 Å². The van der Waals surface area contributed by atoms with E-state index >= 15 is 0 Å². The third-order valence-corrected chi connectivity index (χ3v) is 8.87. The van der Waals surface area contributed by atoms with E-state index in [1.54, 1.807) is 36.4 Å². The Bertz CT molecular complexity index is 1540. The number of ether oxygens (including phenoxy) is 1. The lowest BCUT2D eigenvalue weighted by Gasteiger charge is -2.22. The topological polar surface area (TPSA) is 106 Å². The zero-order valence-electron chi connectivity index (χ0n) is 22.2. The van der Waals surface area contributed by atoms with Crippen molar-refractivity contribution in [3.63, 3.8) is 0 Å². The third-order valence-electron chi connectivity index (χ3n) is 6.49. The summed E-state index contributed by atoms with van der Waals surface area (Å²) in [6, 6.07) is 17.0. The van der Waals surface area contributed by atoms with E-state index in [0.29, 0.717) is 38.6 Å². The number of thioether (sulfide) groups is 1. The Morgan fingerprint density at radius 1 is 1.02 bits per heavy atom. The van der Waals surface area contributed by atoms with Gasteiger partial charge in [-0.25, -0.2) is 0 Å². The van der Waals surface area contributed by atoms with Crippen molar-refractivity contribution in [3.05, 3.63) is 100 Å². The minimum absolute atomic E-state index is 0.0246. The van der Waals surface area contributed by atoms with Gasteiger partial charge in [0, 0.05) is 28.7 Å². The van der Waals surface area contributed by atoms with Gasteiger partial charge in [-0.1, -0.05) is 78.7 Å². The van der Waals surface area contributed by atoms with Gasteiger partial charge in [0.2, 0.25) is 5.13 Å². The Hall–Kier alpha value is -3.73. The number of ketones is 1. The van der Waals surface area contributed by atoms with Crippen LogP contribution in [0.5, 0.6) is 5.75 Å². The summed E-state index contributed by atoms with van der Waals surface area (Å²) in [5, 5.41) is 20.7. The van der Waals surface area contributed by atoms with E-state index < -0.39 is 17.7 Å². The van der Waals surface area contributed by atoms with Gasteiger partial charge >= 0.3 is 5.91 Å². The number of Topliss-reactive ketones (excluding diaryl/α,β-unsaturated/α-hetero) is 1. The summed E-state index contributed by atoms with van der Waals surface area (Å²) in [6.45, 7) is 2.74. The summed E-state index contributed by atoms with van der Waals surface area (Å²) in [4.78, 5) is 32.1. The molecule has 0 bridgehead atoms. The summed E-state index contributed by atoms with van der Waals surface area (Å²) < 4.78 is 6.49. The lowest BCUT2D eigenvalue weighted by atomic mass is 9.95. The number of benzene rings is 2. The number of carbonyl (C=O) groups excluding carboxylic acids is 2. The van der Waals surface area contributed by atoms with E-state index in [4.69, 9.17) is 16.3 Å². The number of hydrogen-bond acceptors (Lipinski definition) is 9. The van der Waals surface area contributed by atoms with Crippen molar-refractivity contribution < 1.29 is 19.4 Å². The van der Waals surface area contributed by atoms with Gasteiger partial charge in [0.25, 0.3) is 5.78 Å². The number of nitrogens with zero attached hydrogens (tertiary/aromatic N) is 4. The van der Waals surface area contributed by atoms with Crippen molar-refractivity contribution >= 4 is 57.3 Å². The molecule has 41 heavy (non-hydrogen) atoms. The lowest BCUT2D eigenvalue weighted by molar-refractivity contribution is -0.132. The standard InChI is InChI=1S/C30H27ClN4O4S2/c1-2-3-4-17-39-23-11-7-20(8-12-23)25-24(26(36)21-13-15-32-16-14-21)27(37)28(38)35(25)29-33-34-30(41-29)40-18-19-5-9-22(31)10-6-19/h5-16,25,36H,2-4,17-18H2,1H3. The fourth-order valence-corrected chi connectivity index (χ4v) is 6.33. The second kappa shape index (κ2) is 13.3. The molecule has 3 heterocycles. The van der Waals surface area contributed by atoms with Gasteiger partial charge in [0.15, 0.2) is 4.34 Å². The summed E-state index contributed by atoms with van der Waals surface area (Å²) >= 11 is 8.67. The Morgan fingerprint density at radius 3 is 2.46 bits per heavy atom. The zero-order valence-corrected chi connectivity index (χ0v) is 24.6. The first-order valence-corrected chi connectivity index (χ1v) is 15.3. The number of aliphatic hydroxyl groups excluding tert-OH is 1. The molecule has 2 aromatic heterocycles. The molecule has 0 spiro atoms. The van der Waals surface area contributed by atoms with Crippen LogP contribution in [0, 0.1) is 0 Å². The first-order chi connectivity index (χ1) is 20.0. The summed E-state index contributed by atoms with van der Waals surface area (Å²) in [7, 11) is 0. The van der Waals surface area contributed by atoms with Crippen LogP contribution in [0.25, 0.3) is 5.76 Å². The molecule has 1 N–H and O–H groups in total. The fraction of sp³-hybridized carbons (Fsp3) is 0.233. The Balaban J connectivity index is 1.47. The van der Waals surface area contributed by atoms with Gasteiger partial charge in [-0.15, -0.1) is 10.2 Å². The maximum Gasteiger partial charge on any atom is 0.301 e. The van der Waals surface area contributed by atoms with E-state index in [-0.39, 0.29) is 16.5 Å². The lowest BCUT2D eigenvalue weighted by Crippen LogP contribution is -2.29. The molecule has 5 rings (SSSR count). The summed E-state index contributed by atoms with van der Waals surface area (Å²) in [6.07, 6.45) is 6.17. The SMILES string of the molecule is CCCCCOc1ccc(C2C(=C(O)c3ccncc3)C(=O)C(=O)N2c2nnc(SCc3ccc(Cl)cc3)s2)cc1. The Kier molecular flexibility index (Phi) is 9.33. The highest BCUT2D eigenvalue weighted by atomic mass is 35.5. The number of aromatic nitrogens is 3. The number of anilines is 1. The van der Waals surface area contributed by atoms with E-state index in [2.05, 4.69) is 22.1 Å². The van der Waals surface area contributed by atoms with Crippen molar-refractivity contribution in [2.75, 3.05) is 11.5 Å². The zero-order chi connectivity index (χ0) is 28.8. The molecular formula is C30H27ClN4O4S2. The number of aliphatic hydroxyl groups is 1. The average Bonchev–Trinajstić information content (AvgIpc) is 3.57. The molecule has 0 aliphatic carbocycles. The molecule has 2 aromatic carbocycles. The monoisotopic (exact) mass is 606 g/mol. The van der Waals surface area contributed by atoms with Crippen LogP contribution in [-0.2, 0) is 15.3 Å².